The predicted octanol–water partition coefficient (Wildman–Crippen LogP) is 5.83. The zero-order valence-electron chi connectivity index (χ0n) is 14.3. The molecule has 1 aliphatic rings. The summed E-state index contributed by atoms with van der Waals surface area (Å²) in [6.45, 7) is 0. The van der Waals surface area contributed by atoms with Crippen LogP contribution in [0.2, 0.25) is 10.0 Å². The molecule has 0 unspecified atom stereocenters. The second kappa shape index (κ2) is 7.50. The van der Waals surface area contributed by atoms with E-state index in [0.717, 1.165) is 0 Å². The van der Waals surface area contributed by atoms with Crippen LogP contribution in [0.25, 0.3) is 6.08 Å². The van der Waals surface area contributed by atoms with Crippen LogP contribution in [0.1, 0.15) is 26.3 Å². The molecule has 3 aromatic carbocycles. The third-order valence-electron chi connectivity index (χ3n) is 4.13. The second-order valence-corrected chi connectivity index (χ2v) is 6.78. The highest BCUT2D eigenvalue weighted by molar-refractivity contribution is 6.43. The van der Waals surface area contributed by atoms with Gasteiger partial charge in [-0.3, -0.25) is 4.79 Å². The SMILES string of the molecule is O=C(Oc1ccc2c(c1)OC(=Cc1cccc(Cl)c1Cl)C2=O)c1ccccc1. The van der Waals surface area contributed by atoms with Crippen molar-refractivity contribution in [2.45, 2.75) is 0 Å². The van der Waals surface area contributed by atoms with Crippen molar-refractivity contribution < 1.29 is 19.1 Å². The van der Waals surface area contributed by atoms with Crippen molar-refractivity contribution >= 4 is 41.0 Å². The van der Waals surface area contributed by atoms with Crippen LogP contribution in [0.3, 0.4) is 0 Å². The molecule has 1 aliphatic heterocycles. The molecular formula is C22H12Cl2O4. The molecule has 0 spiro atoms. The number of carbonyl (C=O) groups excluding carboxylic acids is 2. The summed E-state index contributed by atoms with van der Waals surface area (Å²) in [6, 6.07) is 18.4. The molecule has 4 rings (SSSR count). The third kappa shape index (κ3) is 3.52. The summed E-state index contributed by atoms with van der Waals surface area (Å²) in [6.07, 6.45) is 1.53. The molecule has 28 heavy (non-hydrogen) atoms. The molecule has 1 heterocycles. The van der Waals surface area contributed by atoms with Crippen molar-refractivity contribution in [3.8, 4) is 11.5 Å². The summed E-state index contributed by atoms with van der Waals surface area (Å²) in [7, 11) is 0. The van der Waals surface area contributed by atoms with Crippen molar-refractivity contribution in [2.24, 2.45) is 0 Å². The molecule has 0 aromatic heterocycles. The summed E-state index contributed by atoms with van der Waals surface area (Å²) < 4.78 is 11.0. The zero-order valence-corrected chi connectivity index (χ0v) is 15.8. The van der Waals surface area contributed by atoms with E-state index in [-0.39, 0.29) is 17.3 Å². The fourth-order valence-corrected chi connectivity index (χ4v) is 3.11. The van der Waals surface area contributed by atoms with Crippen molar-refractivity contribution in [1.29, 1.82) is 0 Å². The molecule has 0 aliphatic carbocycles. The Labute approximate surface area is 170 Å². The van der Waals surface area contributed by atoms with Gasteiger partial charge in [0, 0.05) is 6.07 Å². The number of Topliss-reactive ketones (excluding diaryl/α,β-unsaturated/α-hetero) is 1. The van der Waals surface area contributed by atoms with Gasteiger partial charge in [0.25, 0.3) is 0 Å². The lowest BCUT2D eigenvalue weighted by Gasteiger charge is -2.05. The Hall–Kier alpha value is -3.08. The largest absolute Gasteiger partial charge is 0.452 e. The van der Waals surface area contributed by atoms with Gasteiger partial charge in [-0.1, -0.05) is 53.5 Å². The molecule has 0 saturated heterocycles. The molecule has 0 bridgehead atoms. The van der Waals surface area contributed by atoms with Gasteiger partial charge in [0.2, 0.25) is 5.78 Å². The zero-order chi connectivity index (χ0) is 19.7. The Bertz CT molecular complexity index is 1120. The highest BCUT2D eigenvalue weighted by atomic mass is 35.5. The van der Waals surface area contributed by atoms with E-state index in [9.17, 15) is 9.59 Å². The summed E-state index contributed by atoms with van der Waals surface area (Å²) in [5.41, 5.74) is 1.38. The molecule has 0 saturated carbocycles. The van der Waals surface area contributed by atoms with E-state index >= 15 is 0 Å². The average Bonchev–Trinajstić information content (AvgIpc) is 3.01. The number of hydrogen-bond acceptors (Lipinski definition) is 4. The molecule has 0 fully saturated rings. The fraction of sp³-hybridized carbons (Fsp3) is 0. The number of ether oxygens (including phenoxy) is 2. The lowest BCUT2D eigenvalue weighted by molar-refractivity contribution is 0.0734. The average molecular weight is 411 g/mol. The van der Waals surface area contributed by atoms with E-state index in [4.69, 9.17) is 32.7 Å². The predicted molar refractivity (Wildman–Crippen MR) is 107 cm³/mol. The minimum absolute atomic E-state index is 0.116. The summed E-state index contributed by atoms with van der Waals surface area (Å²) >= 11 is 12.2. The summed E-state index contributed by atoms with van der Waals surface area (Å²) in [4.78, 5) is 24.8. The van der Waals surface area contributed by atoms with Gasteiger partial charge in [-0.15, -0.1) is 0 Å². The van der Waals surface area contributed by atoms with Gasteiger partial charge in [0.15, 0.2) is 5.76 Å². The van der Waals surface area contributed by atoms with Crippen LogP contribution in [0.4, 0.5) is 0 Å². The molecule has 0 radical (unpaired) electrons. The lowest BCUT2D eigenvalue weighted by Crippen LogP contribution is -2.08. The molecule has 0 N–H and O–H groups in total. The highest BCUT2D eigenvalue weighted by Gasteiger charge is 2.28. The van der Waals surface area contributed by atoms with Crippen LogP contribution < -0.4 is 9.47 Å². The first kappa shape index (κ1) is 18.3. The van der Waals surface area contributed by atoms with E-state index in [1.807, 2.05) is 6.07 Å². The first-order valence-electron chi connectivity index (χ1n) is 8.32. The smallest absolute Gasteiger partial charge is 0.343 e. The number of benzene rings is 3. The number of ketones is 1. The number of halogens is 2. The topological polar surface area (TPSA) is 52.6 Å². The van der Waals surface area contributed by atoms with E-state index in [1.165, 1.54) is 12.1 Å². The maximum atomic E-state index is 12.6. The van der Waals surface area contributed by atoms with Crippen LogP contribution in [-0.4, -0.2) is 11.8 Å². The maximum Gasteiger partial charge on any atom is 0.343 e. The Morgan fingerprint density at radius 2 is 1.75 bits per heavy atom. The highest BCUT2D eigenvalue weighted by Crippen LogP contribution is 2.36. The van der Waals surface area contributed by atoms with E-state index in [2.05, 4.69) is 0 Å². The molecule has 138 valence electrons. The number of carbonyl (C=O) groups is 2. The van der Waals surface area contributed by atoms with Crippen molar-refractivity contribution in [1.82, 2.24) is 0 Å². The number of hydrogen-bond donors (Lipinski definition) is 0. The monoisotopic (exact) mass is 410 g/mol. The number of esters is 1. The summed E-state index contributed by atoms with van der Waals surface area (Å²) in [5, 5.41) is 0.718. The lowest BCUT2D eigenvalue weighted by atomic mass is 10.1. The Kier molecular flexibility index (Phi) is 4.90. The molecular weight excluding hydrogens is 399 g/mol. The number of rotatable bonds is 3. The van der Waals surface area contributed by atoms with Gasteiger partial charge < -0.3 is 9.47 Å². The van der Waals surface area contributed by atoms with Crippen LogP contribution in [0.15, 0.2) is 72.5 Å². The normalized spacial score (nSPS) is 13.9. The molecule has 6 heteroatoms. The molecule has 0 amide bonds. The van der Waals surface area contributed by atoms with Gasteiger partial charge in [-0.05, 0) is 42.0 Å². The Morgan fingerprint density at radius 1 is 0.964 bits per heavy atom. The van der Waals surface area contributed by atoms with Crippen molar-refractivity contribution in [3.05, 3.63) is 99.2 Å². The first-order valence-corrected chi connectivity index (χ1v) is 9.08. The second-order valence-electron chi connectivity index (χ2n) is 6.00. The van der Waals surface area contributed by atoms with Crippen molar-refractivity contribution in [3.63, 3.8) is 0 Å². The molecule has 0 atom stereocenters. The van der Waals surface area contributed by atoms with Gasteiger partial charge >= 0.3 is 5.97 Å². The molecule has 3 aromatic rings. The number of allylic oxidation sites excluding steroid dienone is 1. The van der Waals surface area contributed by atoms with Gasteiger partial charge in [0.1, 0.15) is 11.5 Å². The molecule has 4 nitrogen and oxygen atoms in total. The third-order valence-corrected chi connectivity index (χ3v) is 4.96. The van der Waals surface area contributed by atoms with Crippen LogP contribution in [-0.2, 0) is 0 Å². The quantitative estimate of drug-likeness (QED) is 0.309. The first-order chi connectivity index (χ1) is 13.5. The Balaban J connectivity index is 1.59. The number of fused-ring (bicyclic) bond motifs is 1. The van der Waals surface area contributed by atoms with Crippen molar-refractivity contribution in [2.75, 3.05) is 0 Å². The van der Waals surface area contributed by atoms with Gasteiger partial charge in [0.05, 0.1) is 21.2 Å². The van der Waals surface area contributed by atoms with Crippen LogP contribution in [0, 0.1) is 0 Å². The van der Waals surface area contributed by atoms with Gasteiger partial charge in [-0.25, -0.2) is 4.79 Å². The van der Waals surface area contributed by atoms with E-state index in [0.29, 0.717) is 32.5 Å². The Morgan fingerprint density at radius 3 is 2.54 bits per heavy atom. The minimum atomic E-state index is -0.494. The summed E-state index contributed by atoms with van der Waals surface area (Å²) in [5.74, 6) is -0.0702. The van der Waals surface area contributed by atoms with E-state index in [1.54, 1.807) is 54.6 Å². The van der Waals surface area contributed by atoms with Gasteiger partial charge in [-0.2, -0.15) is 0 Å². The van der Waals surface area contributed by atoms with Crippen LogP contribution in [0.5, 0.6) is 11.5 Å². The maximum absolute atomic E-state index is 12.6. The van der Waals surface area contributed by atoms with E-state index < -0.39 is 5.97 Å². The minimum Gasteiger partial charge on any atom is -0.452 e. The van der Waals surface area contributed by atoms with Crippen LogP contribution >= 0.6 is 23.2 Å². The standard InChI is InChI=1S/C22H12Cl2O4/c23-17-8-4-7-14(20(17)24)11-19-21(25)16-10-9-15(12-18(16)28-19)27-22(26)13-5-2-1-3-6-13/h1-12H. The fourth-order valence-electron chi connectivity index (χ4n) is 2.74.